The van der Waals surface area contributed by atoms with Crippen LogP contribution in [0.3, 0.4) is 0 Å². The third-order valence-electron chi connectivity index (χ3n) is 4.93. The summed E-state index contributed by atoms with van der Waals surface area (Å²) < 4.78 is 26.3. The fourth-order valence-electron chi connectivity index (χ4n) is 3.32. The van der Waals surface area contributed by atoms with E-state index in [9.17, 15) is 18.0 Å². The van der Waals surface area contributed by atoms with Crippen LogP contribution in [0.4, 0.5) is 0 Å². The van der Waals surface area contributed by atoms with Gasteiger partial charge in [-0.25, -0.2) is 8.42 Å². The molecule has 0 aliphatic heterocycles. The Morgan fingerprint density at radius 1 is 1.11 bits per heavy atom. The van der Waals surface area contributed by atoms with Crippen LogP contribution < -0.4 is 10.6 Å². The zero-order chi connectivity index (χ0) is 20.1. The van der Waals surface area contributed by atoms with E-state index in [1.807, 2.05) is 6.92 Å². The molecule has 1 aromatic carbocycles. The first kappa shape index (κ1) is 20.5. The lowest BCUT2D eigenvalue weighted by Crippen LogP contribution is -2.45. The molecule has 150 valence electrons. The lowest BCUT2D eigenvalue weighted by atomic mass is 10.2. The van der Waals surface area contributed by atoms with E-state index >= 15 is 0 Å². The maximum Gasteiger partial charge on any atom is 0.309 e. The van der Waals surface area contributed by atoms with Gasteiger partial charge in [-0.2, -0.15) is 0 Å². The number of carbonyl (C=O) groups is 2. The summed E-state index contributed by atoms with van der Waals surface area (Å²) in [6.07, 6.45) is 3.83. The number of amides is 2. The number of benzene rings is 1. The Kier molecular flexibility index (Phi) is 6.51. The summed E-state index contributed by atoms with van der Waals surface area (Å²) in [5.74, 6) is -1.50. The van der Waals surface area contributed by atoms with Crippen molar-refractivity contribution < 1.29 is 18.0 Å². The first-order chi connectivity index (χ1) is 13.4. The van der Waals surface area contributed by atoms with Crippen molar-refractivity contribution in [2.75, 3.05) is 6.54 Å². The smallest absolute Gasteiger partial charge is 0.309 e. The lowest BCUT2D eigenvalue weighted by molar-refractivity contribution is -0.139. The third-order valence-corrected chi connectivity index (χ3v) is 8.16. The number of carbonyl (C=O) groups excluding carboxylic acids is 2. The second-order valence-corrected chi connectivity index (χ2v) is 10.1. The van der Waals surface area contributed by atoms with Crippen LogP contribution in [0.2, 0.25) is 0 Å². The molecule has 1 fully saturated rings. The lowest BCUT2D eigenvalue weighted by Gasteiger charge is -2.18. The van der Waals surface area contributed by atoms with Crippen LogP contribution in [0.1, 0.15) is 41.4 Å². The van der Waals surface area contributed by atoms with E-state index in [4.69, 9.17) is 0 Å². The maximum atomic E-state index is 13.2. The number of aryl methyl sites for hydroxylation is 1. The van der Waals surface area contributed by atoms with Gasteiger partial charge in [0.25, 0.3) is 0 Å². The quantitative estimate of drug-likeness (QED) is 0.703. The number of hydrogen-bond acceptors (Lipinski definition) is 5. The second kappa shape index (κ2) is 8.87. The van der Waals surface area contributed by atoms with Crippen LogP contribution in [-0.4, -0.2) is 32.8 Å². The van der Waals surface area contributed by atoms with E-state index in [1.165, 1.54) is 11.3 Å². The van der Waals surface area contributed by atoms with Gasteiger partial charge >= 0.3 is 11.8 Å². The molecule has 0 spiro atoms. The summed E-state index contributed by atoms with van der Waals surface area (Å²) in [6, 6.07) is 10.2. The fraction of sp³-hybridized carbons (Fsp3) is 0.400. The maximum absolute atomic E-state index is 13.2. The summed E-state index contributed by atoms with van der Waals surface area (Å²) in [7, 11) is -3.72. The Morgan fingerprint density at radius 3 is 2.39 bits per heavy atom. The van der Waals surface area contributed by atoms with E-state index in [1.54, 1.807) is 41.8 Å². The molecule has 0 saturated heterocycles. The first-order valence-electron chi connectivity index (χ1n) is 9.30. The van der Waals surface area contributed by atoms with Crippen molar-refractivity contribution in [2.45, 2.75) is 48.8 Å². The fourth-order valence-corrected chi connectivity index (χ4v) is 6.10. The molecule has 1 unspecified atom stereocenters. The predicted molar refractivity (Wildman–Crippen MR) is 109 cm³/mol. The molecule has 2 N–H and O–H groups in total. The molecule has 2 amide bonds. The van der Waals surface area contributed by atoms with Crippen molar-refractivity contribution in [3.8, 4) is 0 Å². The molecule has 0 bridgehead atoms. The van der Waals surface area contributed by atoms with Gasteiger partial charge in [-0.1, -0.05) is 36.6 Å². The molecular weight excluding hydrogens is 396 g/mol. The van der Waals surface area contributed by atoms with Gasteiger partial charge in [-0.15, -0.1) is 11.3 Å². The first-order valence-corrected chi connectivity index (χ1v) is 11.7. The van der Waals surface area contributed by atoms with Crippen LogP contribution >= 0.6 is 11.3 Å². The van der Waals surface area contributed by atoms with Crippen molar-refractivity contribution in [2.24, 2.45) is 0 Å². The van der Waals surface area contributed by atoms with Crippen molar-refractivity contribution >= 4 is 33.0 Å². The van der Waals surface area contributed by atoms with E-state index in [2.05, 4.69) is 10.6 Å². The Labute approximate surface area is 169 Å². The molecule has 1 aliphatic carbocycles. The summed E-state index contributed by atoms with van der Waals surface area (Å²) in [5.41, 5.74) is 0.962. The highest BCUT2D eigenvalue weighted by atomic mass is 32.2. The minimum Gasteiger partial charge on any atom is -0.346 e. The molecule has 6 nitrogen and oxygen atoms in total. The third kappa shape index (κ3) is 4.80. The Morgan fingerprint density at radius 2 is 1.79 bits per heavy atom. The molecule has 1 saturated carbocycles. The van der Waals surface area contributed by atoms with Gasteiger partial charge in [0.1, 0.15) is 5.25 Å². The van der Waals surface area contributed by atoms with Gasteiger partial charge in [-0.05, 0) is 43.3 Å². The number of hydrogen-bond donors (Lipinski definition) is 2. The Balaban J connectivity index is 1.73. The minimum atomic E-state index is -3.72. The van der Waals surface area contributed by atoms with Gasteiger partial charge in [-0.3, -0.25) is 9.59 Å². The summed E-state index contributed by atoms with van der Waals surface area (Å²) >= 11 is 1.31. The molecule has 2 aromatic rings. The van der Waals surface area contributed by atoms with E-state index in [-0.39, 0.29) is 17.5 Å². The molecule has 1 heterocycles. The second-order valence-electron chi connectivity index (χ2n) is 7.03. The standard InChI is InChI=1S/C20H24N2O4S2/c1-14-8-10-16(11-9-14)28(25,26)18(17-7-4-12-27-17)13-21-19(23)20(24)22-15-5-2-3-6-15/h4,7-12,15,18H,2-3,5-6,13H2,1H3,(H,21,23)(H,22,24). The van der Waals surface area contributed by atoms with Crippen LogP contribution in [0.5, 0.6) is 0 Å². The van der Waals surface area contributed by atoms with E-state index < -0.39 is 26.9 Å². The van der Waals surface area contributed by atoms with E-state index in [0.717, 1.165) is 31.2 Å². The zero-order valence-corrected chi connectivity index (χ0v) is 17.3. The van der Waals surface area contributed by atoms with Gasteiger partial charge in [0.15, 0.2) is 9.84 Å². The van der Waals surface area contributed by atoms with Crippen LogP contribution in [-0.2, 0) is 19.4 Å². The molecule has 0 radical (unpaired) electrons. The Hall–Kier alpha value is -2.19. The van der Waals surface area contributed by atoms with Gasteiger partial charge in [0.05, 0.1) is 4.90 Å². The van der Waals surface area contributed by atoms with Crippen molar-refractivity contribution in [3.63, 3.8) is 0 Å². The molecule has 28 heavy (non-hydrogen) atoms. The largest absolute Gasteiger partial charge is 0.346 e. The summed E-state index contributed by atoms with van der Waals surface area (Å²) in [6.45, 7) is 1.73. The number of nitrogens with one attached hydrogen (secondary N) is 2. The molecular formula is C20H24N2O4S2. The van der Waals surface area contributed by atoms with E-state index in [0.29, 0.717) is 4.88 Å². The molecule has 8 heteroatoms. The Bertz CT molecular complexity index is 916. The normalized spacial score (nSPS) is 15.9. The van der Waals surface area contributed by atoms with Gasteiger partial charge in [0, 0.05) is 17.5 Å². The van der Waals surface area contributed by atoms with Crippen LogP contribution in [0, 0.1) is 6.92 Å². The average molecular weight is 421 g/mol. The molecule has 1 aliphatic rings. The van der Waals surface area contributed by atoms with Crippen molar-refractivity contribution in [1.82, 2.24) is 10.6 Å². The minimum absolute atomic E-state index is 0.0302. The van der Waals surface area contributed by atoms with Gasteiger partial charge in [0.2, 0.25) is 0 Å². The molecule has 3 rings (SSSR count). The highest BCUT2D eigenvalue weighted by molar-refractivity contribution is 7.91. The topological polar surface area (TPSA) is 92.3 Å². The number of thiophene rings is 1. The molecule has 1 aromatic heterocycles. The van der Waals surface area contributed by atoms with Crippen molar-refractivity contribution in [3.05, 3.63) is 52.2 Å². The van der Waals surface area contributed by atoms with Gasteiger partial charge < -0.3 is 10.6 Å². The highest BCUT2D eigenvalue weighted by Gasteiger charge is 2.31. The van der Waals surface area contributed by atoms with Crippen LogP contribution in [0.15, 0.2) is 46.7 Å². The van der Waals surface area contributed by atoms with Crippen LogP contribution in [0.25, 0.3) is 0 Å². The summed E-state index contributed by atoms with van der Waals surface area (Å²) in [5, 5.41) is 6.07. The number of sulfone groups is 1. The SMILES string of the molecule is Cc1ccc(S(=O)(=O)C(CNC(=O)C(=O)NC2CCCC2)c2cccs2)cc1. The predicted octanol–water partition coefficient (Wildman–Crippen LogP) is 2.75. The summed E-state index contributed by atoms with van der Waals surface area (Å²) in [4.78, 5) is 25.1. The number of rotatable bonds is 6. The average Bonchev–Trinajstić information content (AvgIpc) is 3.36. The highest BCUT2D eigenvalue weighted by Crippen LogP contribution is 2.31. The van der Waals surface area contributed by atoms with Crippen molar-refractivity contribution in [1.29, 1.82) is 0 Å². The monoisotopic (exact) mass is 420 g/mol. The molecule has 1 atom stereocenters. The zero-order valence-electron chi connectivity index (χ0n) is 15.7.